The number of thiophene rings is 1. The summed E-state index contributed by atoms with van der Waals surface area (Å²) in [5.74, 6) is 0. The third kappa shape index (κ3) is 4.75. The maximum Gasteiger partial charge on any atom is 0.0741 e. The van der Waals surface area contributed by atoms with Crippen molar-refractivity contribution in [2.45, 2.75) is 21.6 Å². The number of hydrogen-bond donors (Lipinski definition) is 0. The quantitative estimate of drug-likeness (QED) is 0.164. The molecule has 0 amide bonds. The molecule has 11 rings (SSSR count). The highest BCUT2D eigenvalue weighted by atomic mass is 32.2. The molecule has 1 aliphatic carbocycles. The fraction of sp³-hybridized carbons (Fsp3) is 0.0392. The predicted octanol–water partition coefficient (Wildman–Crippen LogP) is 13.7. The molecule has 54 heavy (non-hydrogen) atoms. The molecule has 2 aliphatic rings. The highest BCUT2D eigenvalue weighted by molar-refractivity contribution is 7.99. The molecule has 2 aromatic heterocycles. The van der Waals surface area contributed by atoms with Gasteiger partial charge in [-0.15, -0.1) is 11.3 Å². The van der Waals surface area contributed by atoms with Crippen LogP contribution in [0.4, 0.5) is 0 Å². The normalized spacial score (nSPS) is 13.8. The van der Waals surface area contributed by atoms with E-state index in [0.717, 1.165) is 12.1 Å². The van der Waals surface area contributed by atoms with E-state index in [0.29, 0.717) is 0 Å². The highest BCUT2D eigenvalue weighted by Gasteiger charge is 2.50. The zero-order valence-electron chi connectivity index (χ0n) is 29.4. The Morgan fingerprint density at radius 1 is 0.537 bits per heavy atom. The number of nitrogens with zero attached hydrogens (tertiary/aromatic N) is 1. The molecule has 0 N–H and O–H groups in total. The van der Waals surface area contributed by atoms with Gasteiger partial charge in [-0.2, -0.15) is 0 Å². The van der Waals surface area contributed by atoms with Crippen LogP contribution in [0.3, 0.4) is 0 Å². The van der Waals surface area contributed by atoms with E-state index < -0.39 is 5.41 Å². The molecule has 9 aromatic rings. The van der Waals surface area contributed by atoms with Crippen LogP contribution in [0.15, 0.2) is 192 Å². The van der Waals surface area contributed by atoms with Gasteiger partial charge in [0.25, 0.3) is 0 Å². The van der Waals surface area contributed by atoms with Crippen molar-refractivity contribution in [3.63, 3.8) is 0 Å². The van der Waals surface area contributed by atoms with Crippen LogP contribution in [0.2, 0.25) is 0 Å². The maximum atomic E-state index is 4.89. The zero-order valence-corrected chi connectivity index (χ0v) is 31.0. The molecule has 0 saturated carbocycles. The van der Waals surface area contributed by atoms with Crippen molar-refractivity contribution in [2.24, 2.45) is 0 Å². The van der Waals surface area contributed by atoms with Gasteiger partial charge in [0, 0.05) is 41.7 Å². The summed E-state index contributed by atoms with van der Waals surface area (Å²) < 4.78 is 2.60. The number of aromatic nitrogens is 1. The van der Waals surface area contributed by atoms with Crippen LogP contribution in [0.25, 0.3) is 54.2 Å². The van der Waals surface area contributed by atoms with Crippen LogP contribution in [0.5, 0.6) is 0 Å². The summed E-state index contributed by atoms with van der Waals surface area (Å²) in [6, 6.07) is 64.9. The Labute approximate surface area is 323 Å². The lowest BCUT2D eigenvalue weighted by Crippen LogP contribution is -2.32. The lowest BCUT2D eigenvalue weighted by molar-refractivity contribution is 0.720. The number of fused-ring (bicyclic) bond motifs is 12. The maximum absolute atomic E-state index is 4.89. The first-order valence-electron chi connectivity index (χ1n) is 18.5. The molecule has 0 bridgehead atoms. The van der Waals surface area contributed by atoms with E-state index in [1.807, 2.05) is 35.4 Å². The molecule has 7 aromatic carbocycles. The van der Waals surface area contributed by atoms with Gasteiger partial charge in [-0.25, -0.2) is 0 Å². The van der Waals surface area contributed by atoms with Crippen LogP contribution in [0, 0.1) is 0 Å². The average Bonchev–Trinajstić information content (AvgIpc) is 3.74. The lowest BCUT2D eigenvalue weighted by Gasteiger charge is -2.40. The summed E-state index contributed by atoms with van der Waals surface area (Å²) in [7, 11) is 0. The lowest BCUT2D eigenvalue weighted by atomic mass is 9.66. The molecule has 1 spiro atoms. The molecule has 3 heteroatoms. The standard InChI is InChI=1S/C51H33NS2/c1-2-15-33(16-3-1)35(30-36-31-41-39-20-6-10-25-46(39)53-49(41)32-40(36)45-24-12-13-28-52-45)29-34-17-14-27-48-50(34)51(44-23-9-11-26-47(44)54-48)42-21-7-4-18-37(42)38-19-5-8-22-43(38)51/h1-29,31-32H,30H2/b35-29-. The minimum Gasteiger partial charge on any atom is -0.256 e. The first kappa shape index (κ1) is 31.5. The molecule has 1 aliphatic heterocycles. The van der Waals surface area contributed by atoms with Crippen molar-refractivity contribution in [3.05, 3.63) is 221 Å². The SMILES string of the molecule is C(=C(\Cc1cc2c(cc1-c1ccccn1)sc1ccccc12)c1ccccc1)/c1cccc2c1C1(c3ccccc3S2)c2ccccc2-c2ccccc21. The second-order valence-electron chi connectivity index (χ2n) is 14.2. The smallest absolute Gasteiger partial charge is 0.0741 e. The van der Waals surface area contributed by atoms with Gasteiger partial charge in [0.1, 0.15) is 0 Å². The van der Waals surface area contributed by atoms with Crippen LogP contribution in [0.1, 0.15) is 38.9 Å². The van der Waals surface area contributed by atoms with E-state index in [4.69, 9.17) is 4.98 Å². The van der Waals surface area contributed by atoms with E-state index >= 15 is 0 Å². The first-order valence-corrected chi connectivity index (χ1v) is 20.1. The summed E-state index contributed by atoms with van der Waals surface area (Å²) in [6.07, 6.45) is 5.15. The minimum absolute atomic E-state index is 0.452. The van der Waals surface area contributed by atoms with Crippen molar-refractivity contribution in [1.29, 1.82) is 0 Å². The average molecular weight is 724 g/mol. The Balaban J connectivity index is 1.18. The van der Waals surface area contributed by atoms with Gasteiger partial charge in [0.15, 0.2) is 0 Å². The van der Waals surface area contributed by atoms with E-state index in [1.165, 1.54) is 91.2 Å². The van der Waals surface area contributed by atoms with Gasteiger partial charge < -0.3 is 0 Å². The summed E-state index contributed by atoms with van der Waals surface area (Å²) >= 11 is 3.76. The Morgan fingerprint density at radius 3 is 2.02 bits per heavy atom. The number of allylic oxidation sites excluding steroid dienone is 1. The second-order valence-corrected chi connectivity index (χ2v) is 16.4. The largest absolute Gasteiger partial charge is 0.256 e. The summed E-state index contributed by atoms with van der Waals surface area (Å²) in [5, 5.41) is 2.62. The van der Waals surface area contributed by atoms with Crippen molar-refractivity contribution < 1.29 is 0 Å². The Morgan fingerprint density at radius 2 is 1.22 bits per heavy atom. The molecular weight excluding hydrogens is 691 g/mol. The van der Waals surface area contributed by atoms with Gasteiger partial charge >= 0.3 is 0 Å². The van der Waals surface area contributed by atoms with Gasteiger partial charge in [-0.05, 0) is 105 Å². The van der Waals surface area contributed by atoms with Crippen LogP contribution in [-0.2, 0) is 11.8 Å². The topological polar surface area (TPSA) is 12.9 Å². The summed E-state index contributed by atoms with van der Waals surface area (Å²) in [4.78, 5) is 7.51. The molecule has 1 nitrogen and oxygen atoms in total. The van der Waals surface area contributed by atoms with Gasteiger partial charge in [0.05, 0.1) is 11.1 Å². The third-order valence-corrected chi connectivity index (χ3v) is 13.6. The molecule has 0 radical (unpaired) electrons. The monoisotopic (exact) mass is 723 g/mol. The first-order chi connectivity index (χ1) is 26.8. The Kier molecular flexibility index (Phi) is 7.33. The zero-order chi connectivity index (χ0) is 35.6. The molecule has 3 heterocycles. The number of benzene rings is 7. The molecule has 254 valence electrons. The van der Waals surface area contributed by atoms with Crippen molar-refractivity contribution in [3.8, 4) is 22.4 Å². The predicted molar refractivity (Wildman–Crippen MR) is 228 cm³/mol. The number of hydrogen-bond acceptors (Lipinski definition) is 3. The van der Waals surface area contributed by atoms with E-state index in [1.54, 1.807) is 0 Å². The third-order valence-electron chi connectivity index (χ3n) is 11.3. The summed E-state index contributed by atoms with van der Waals surface area (Å²) in [5.41, 5.74) is 14.8. The Hall–Kier alpha value is -6.00. The van der Waals surface area contributed by atoms with Crippen molar-refractivity contribution in [2.75, 3.05) is 0 Å². The molecule has 0 fully saturated rings. The molecular formula is C51H33NS2. The van der Waals surface area contributed by atoms with Gasteiger partial charge in [-0.3, -0.25) is 4.98 Å². The fourth-order valence-corrected chi connectivity index (χ4v) is 11.4. The van der Waals surface area contributed by atoms with E-state index in [-0.39, 0.29) is 0 Å². The Bertz CT molecular complexity index is 2890. The molecule has 0 unspecified atom stereocenters. The van der Waals surface area contributed by atoms with E-state index in [9.17, 15) is 0 Å². The fourth-order valence-electron chi connectivity index (χ4n) is 9.07. The molecule has 0 saturated heterocycles. The molecule has 0 atom stereocenters. The highest BCUT2D eigenvalue weighted by Crippen LogP contribution is 2.63. The van der Waals surface area contributed by atoms with E-state index in [2.05, 4.69) is 176 Å². The van der Waals surface area contributed by atoms with Crippen molar-refractivity contribution >= 4 is 54.9 Å². The van der Waals surface area contributed by atoms with Crippen molar-refractivity contribution in [1.82, 2.24) is 4.98 Å². The van der Waals surface area contributed by atoms with Crippen LogP contribution >= 0.6 is 23.1 Å². The van der Waals surface area contributed by atoms with Crippen LogP contribution in [-0.4, -0.2) is 4.98 Å². The van der Waals surface area contributed by atoms with Gasteiger partial charge in [-0.1, -0.05) is 151 Å². The number of rotatable bonds is 5. The van der Waals surface area contributed by atoms with Crippen LogP contribution < -0.4 is 0 Å². The number of pyridine rings is 1. The van der Waals surface area contributed by atoms with Gasteiger partial charge in [0.2, 0.25) is 0 Å². The second kappa shape index (κ2) is 12.6. The summed E-state index contributed by atoms with van der Waals surface area (Å²) in [6.45, 7) is 0. The minimum atomic E-state index is -0.452.